The molecule has 0 saturated carbocycles. The zero-order valence-electron chi connectivity index (χ0n) is 18.1. The fourth-order valence-electron chi connectivity index (χ4n) is 4.12. The molecule has 0 unspecified atom stereocenters. The largest absolute Gasteiger partial charge is 0.352 e. The quantitative estimate of drug-likeness (QED) is 0.357. The van der Waals surface area contributed by atoms with Crippen molar-refractivity contribution < 1.29 is 9.59 Å². The highest BCUT2D eigenvalue weighted by molar-refractivity contribution is 7.18. The summed E-state index contributed by atoms with van der Waals surface area (Å²) in [4.78, 5) is 35.8. The molecule has 0 radical (unpaired) electrons. The van der Waals surface area contributed by atoms with Gasteiger partial charge in [-0.15, -0.1) is 22.7 Å². The first kappa shape index (κ1) is 21.7. The van der Waals surface area contributed by atoms with Gasteiger partial charge in [0.1, 0.15) is 5.00 Å². The summed E-state index contributed by atoms with van der Waals surface area (Å²) in [7, 11) is 0. The average Bonchev–Trinajstić information content (AvgIpc) is 3.42. The van der Waals surface area contributed by atoms with E-state index in [0.717, 1.165) is 54.6 Å². The van der Waals surface area contributed by atoms with Crippen molar-refractivity contribution in [2.24, 2.45) is 0 Å². The minimum absolute atomic E-state index is 0.111. The van der Waals surface area contributed by atoms with Crippen molar-refractivity contribution in [2.45, 2.75) is 38.5 Å². The summed E-state index contributed by atoms with van der Waals surface area (Å²) in [5, 5.41) is 7.76. The summed E-state index contributed by atoms with van der Waals surface area (Å²) in [5.41, 5.74) is 3.23. The number of aryl methyl sites for hydroxylation is 2. The first-order valence-corrected chi connectivity index (χ1v) is 12.8. The van der Waals surface area contributed by atoms with Crippen molar-refractivity contribution in [2.75, 3.05) is 11.9 Å². The number of aromatic nitrogens is 2. The average molecular weight is 477 g/mol. The third-order valence-electron chi connectivity index (χ3n) is 5.74. The number of amides is 2. The standard InChI is InChI=1S/C25H24N4O2S2/c30-23(16-7-5-13-26-15-16)29-25-22(17-8-1-3-10-19(17)33-25)24(31)27-14-6-12-21-28-18-9-2-4-11-20(18)32-21/h2,4-5,7,9,11,13,15H,1,3,6,8,10,12,14H2,(H,27,31)(H,29,30). The van der Waals surface area contributed by atoms with Gasteiger partial charge in [0.15, 0.2) is 0 Å². The highest BCUT2D eigenvalue weighted by Gasteiger charge is 2.26. The number of thiophene rings is 1. The number of hydrogen-bond acceptors (Lipinski definition) is 6. The third-order valence-corrected chi connectivity index (χ3v) is 8.04. The van der Waals surface area contributed by atoms with E-state index in [-0.39, 0.29) is 11.8 Å². The van der Waals surface area contributed by atoms with Gasteiger partial charge in [0.05, 0.1) is 26.4 Å². The summed E-state index contributed by atoms with van der Waals surface area (Å²) in [6, 6.07) is 11.6. The topological polar surface area (TPSA) is 84.0 Å². The zero-order chi connectivity index (χ0) is 22.6. The summed E-state index contributed by atoms with van der Waals surface area (Å²) in [5.74, 6) is -0.355. The number of thiazole rings is 1. The van der Waals surface area contributed by atoms with Crippen molar-refractivity contribution in [3.63, 3.8) is 0 Å². The fourth-order valence-corrected chi connectivity index (χ4v) is 6.41. The number of pyridine rings is 1. The Labute approximate surface area is 200 Å². The fraction of sp³-hybridized carbons (Fsp3) is 0.280. The molecule has 0 bridgehead atoms. The first-order valence-electron chi connectivity index (χ1n) is 11.2. The molecule has 5 rings (SSSR count). The molecule has 1 aromatic carbocycles. The van der Waals surface area contributed by atoms with Gasteiger partial charge in [0, 0.05) is 30.2 Å². The van der Waals surface area contributed by atoms with Crippen molar-refractivity contribution in [1.82, 2.24) is 15.3 Å². The minimum atomic E-state index is -0.244. The Morgan fingerprint density at radius 1 is 1.00 bits per heavy atom. The molecule has 3 heterocycles. The van der Waals surface area contributed by atoms with Crippen LogP contribution in [0.4, 0.5) is 5.00 Å². The van der Waals surface area contributed by atoms with E-state index in [0.29, 0.717) is 22.7 Å². The molecule has 0 atom stereocenters. The number of carbonyl (C=O) groups excluding carboxylic acids is 2. The predicted molar refractivity (Wildman–Crippen MR) is 133 cm³/mol. The lowest BCUT2D eigenvalue weighted by Crippen LogP contribution is -2.27. The van der Waals surface area contributed by atoms with Crippen molar-refractivity contribution in [3.05, 3.63) is 75.4 Å². The molecule has 1 aliphatic rings. The van der Waals surface area contributed by atoms with E-state index >= 15 is 0 Å². The normalized spacial score (nSPS) is 13.0. The molecule has 2 N–H and O–H groups in total. The number of nitrogens with zero attached hydrogens (tertiary/aromatic N) is 2. The predicted octanol–water partition coefficient (Wildman–Crippen LogP) is 5.25. The molecule has 6 nitrogen and oxygen atoms in total. The van der Waals surface area contributed by atoms with Gasteiger partial charge in [-0.3, -0.25) is 14.6 Å². The summed E-state index contributed by atoms with van der Waals surface area (Å²) >= 11 is 3.24. The Hall–Kier alpha value is -3.10. The molecule has 2 amide bonds. The lowest BCUT2D eigenvalue weighted by molar-refractivity contribution is 0.0953. The minimum Gasteiger partial charge on any atom is -0.352 e. The second-order valence-corrected chi connectivity index (χ2v) is 10.3. The number of carbonyl (C=O) groups is 2. The van der Waals surface area contributed by atoms with Crippen LogP contribution in [-0.2, 0) is 19.3 Å². The van der Waals surface area contributed by atoms with Crippen LogP contribution < -0.4 is 10.6 Å². The lowest BCUT2D eigenvalue weighted by atomic mass is 9.95. The van der Waals surface area contributed by atoms with Gasteiger partial charge in [0.2, 0.25) is 0 Å². The van der Waals surface area contributed by atoms with E-state index in [9.17, 15) is 9.59 Å². The summed E-state index contributed by atoms with van der Waals surface area (Å²) in [6.45, 7) is 0.565. The smallest absolute Gasteiger partial charge is 0.257 e. The van der Waals surface area contributed by atoms with Crippen LogP contribution in [0.25, 0.3) is 10.2 Å². The zero-order valence-corrected chi connectivity index (χ0v) is 19.7. The Morgan fingerprint density at radius 2 is 1.88 bits per heavy atom. The van der Waals surface area contributed by atoms with Gasteiger partial charge in [-0.2, -0.15) is 0 Å². The maximum atomic E-state index is 13.2. The summed E-state index contributed by atoms with van der Waals surface area (Å²) in [6.07, 6.45) is 8.83. The van der Waals surface area contributed by atoms with Crippen LogP contribution >= 0.6 is 22.7 Å². The van der Waals surface area contributed by atoms with Gasteiger partial charge < -0.3 is 10.6 Å². The molecule has 0 fully saturated rings. The number of hydrogen-bond donors (Lipinski definition) is 2. The molecular formula is C25H24N4O2S2. The molecule has 1 aliphatic carbocycles. The van der Waals surface area contributed by atoms with E-state index in [4.69, 9.17) is 0 Å². The van der Waals surface area contributed by atoms with Crippen LogP contribution in [0.15, 0.2) is 48.8 Å². The van der Waals surface area contributed by atoms with E-state index in [2.05, 4.69) is 26.7 Å². The molecule has 168 valence electrons. The number of benzene rings is 1. The first-order chi connectivity index (χ1) is 16.2. The number of rotatable bonds is 7. The molecule has 3 aromatic heterocycles. The van der Waals surface area contributed by atoms with Gasteiger partial charge in [-0.25, -0.2) is 4.98 Å². The number of anilines is 1. The number of para-hydroxylation sites is 1. The molecule has 8 heteroatoms. The van der Waals surface area contributed by atoms with Crippen molar-refractivity contribution in [1.29, 1.82) is 0 Å². The second kappa shape index (κ2) is 9.80. The number of nitrogens with one attached hydrogen (secondary N) is 2. The van der Waals surface area contributed by atoms with Gasteiger partial charge in [-0.1, -0.05) is 12.1 Å². The van der Waals surface area contributed by atoms with Crippen LogP contribution in [0, 0.1) is 0 Å². The van der Waals surface area contributed by atoms with Gasteiger partial charge >= 0.3 is 0 Å². The maximum absolute atomic E-state index is 13.2. The Morgan fingerprint density at radius 3 is 2.73 bits per heavy atom. The van der Waals surface area contributed by atoms with Crippen LogP contribution in [0.5, 0.6) is 0 Å². The molecule has 0 aliphatic heterocycles. The molecule has 33 heavy (non-hydrogen) atoms. The number of fused-ring (bicyclic) bond motifs is 2. The highest BCUT2D eigenvalue weighted by Crippen LogP contribution is 2.38. The van der Waals surface area contributed by atoms with Gasteiger partial charge in [-0.05, 0) is 61.9 Å². The SMILES string of the molecule is O=C(Nc1sc2c(c1C(=O)NCCCc1nc3ccccc3s1)CCCC2)c1cccnc1. The lowest BCUT2D eigenvalue weighted by Gasteiger charge is -2.13. The van der Waals surface area contributed by atoms with E-state index in [1.165, 1.54) is 27.1 Å². The van der Waals surface area contributed by atoms with Crippen LogP contribution in [0.1, 0.15) is 55.4 Å². The molecule has 0 saturated heterocycles. The van der Waals surface area contributed by atoms with E-state index in [1.807, 2.05) is 18.2 Å². The van der Waals surface area contributed by atoms with Crippen LogP contribution in [0.3, 0.4) is 0 Å². The monoisotopic (exact) mass is 476 g/mol. The highest BCUT2D eigenvalue weighted by atomic mass is 32.1. The Kier molecular flexibility index (Phi) is 6.46. The van der Waals surface area contributed by atoms with E-state index < -0.39 is 0 Å². The molecule has 0 spiro atoms. The maximum Gasteiger partial charge on any atom is 0.257 e. The molecule has 4 aromatic rings. The Balaban J connectivity index is 1.26. The Bertz CT molecular complexity index is 1260. The van der Waals surface area contributed by atoms with E-state index in [1.54, 1.807) is 29.7 Å². The summed E-state index contributed by atoms with van der Waals surface area (Å²) < 4.78 is 1.19. The molecular weight excluding hydrogens is 452 g/mol. The third kappa shape index (κ3) is 4.82. The van der Waals surface area contributed by atoms with Crippen LogP contribution in [0.2, 0.25) is 0 Å². The van der Waals surface area contributed by atoms with Gasteiger partial charge in [0.25, 0.3) is 11.8 Å². The van der Waals surface area contributed by atoms with Crippen molar-refractivity contribution in [3.8, 4) is 0 Å². The second-order valence-electron chi connectivity index (χ2n) is 8.05. The van der Waals surface area contributed by atoms with Crippen LogP contribution in [-0.4, -0.2) is 28.3 Å². The van der Waals surface area contributed by atoms with Crippen molar-refractivity contribution >= 4 is 49.7 Å².